The number of hydrogen-bond acceptors (Lipinski definition) is 6. The summed E-state index contributed by atoms with van der Waals surface area (Å²) in [6, 6.07) is 6.85. The van der Waals surface area contributed by atoms with Crippen LogP contribution in [0, 0.1) is 18.6 Å². The summed E-state index contributed by atoms with van der Waals surface area (Å²) >= 11 is 0. The lowest BCUT2D eigenvalue weighted by atomic mass is 10.1. The number of fused-ring (bicyclic) bond motifs is 1. The minimum absolute atomic E-state index is 0.00894. The average molecular weight is 435 g/mol. The lowest BCUT2D eigenvalue weighted by molar-refractivity contribution is 0.600. The molecule has 164 valence electrons. The van der Waals surface area contributed by atoms with Gasteiger partial charge in [0.2, 0.25) is 5.95 Å². The van der Waals surface area contributed by atoms with Gasteiger partial charge in [-0.2, -0.15) is 0 Å². The van der Waals surface area contributed by atoms with Crippen LogP contribution in [0.5, 0.6) is 0 Å². The minimum atomic E-state index is -0.636. The van der Waals surface area contributed by atoms with Crippen LogP contribution < -0.4 is 10.2 Å². The molecule has 0 unspecified atom stereocenters. The van der Waals surface area contributed by atoms with Gasteiger partial charge < -0.3 is 14.8 Å². The van der Waals surface area contributed by atoms with Gasteiger partial charge in [0, 0.05) is 24.7 Å². The van der Waals surface area contributed by atoms with Crippen LogP contribution in [0.15, 0.2) is 36.7 Å². The van der Waals surface area contributed by atoms with Crippen molar-refractivity contribution in [2.75, 3.05) is 23.3 Å². The van der Waals surface area contributed by atoms with Gasteiger partial charge in [0.05, 0.1) is 23.6 Å². The lowest BCUT2D eigenvalue weighted by Crippen LogP contribution is -2.36. The quantitative estimate of drug-likeness (QED) is 0.475. The molecule has 4 aromatic rings. The molecule has 1 N–H and O–H groups in total. The molecule has 1 aliphatic heterocycles. The van der Waals surface area contributed by atoms with Crippen LogP contribution in [0.1, 0.15) is 32.1 Å². The molecule has 5 rings (SSSR count). The highest BCUT2D eigenvalue weighted by atomic mass is 19.1. The van der Waals surface area contributed by atoms with Gasteiger partial charge in [-0.05, 0) is 51.5 Å². The van der Waals surface area contributed by atoms with Crippen LogP contribution >= 0.6 is 0 Å². The Balaban J connectivity index is 1.49. The summed E-state index contributed by atoms with van der Waals surface area (Å²) in [5, 5.41) is 3.00. The van der Waals surface area contributed by atoms with Gasteiger partial charge in [0.25, 0.3) is 0 Å². The third-order valence-electron chi connectivity index (χ3n) is 5.67. The van der Waals surface area contributed by atoms with Crippen molar-refractivity contribution in [3.05, 3.63) is 54.1 Å². The number of aromatic nitrogens is 5. The molecule has 0 saturated carbocycles. The van der Waals surface area contributed by atoms with Crippen LogP contribution in [0.2, 0.25) is 0 Å². The number of aryl methyl sites for hydroxylation is 1. The van der Waals surface area contributed by atoms with Crippen molar-refractivity contribution in [3.63, 3.8) is 0 Å². The lowest BCUT2D eigenvalue weighted by Gasteiger charge is -2.32. The zero-order valence-corrected chi connectivity index (χ0v) is 18.1. The maximum Gasteiger partial charge on any atom is 0.229 e. The standard InChI is InChI=1S/C23H23F2N7/c1-13(2)32-14(3)28-22-17(24)9-15(10-19(22)32)21-18(25)12-27-23(30-21)29-20-6-5-16(11-26-20)31-7-4-8-31/h5-6,9-13H,4,7-8H2,1-3H3,(H,26,27,29,30). The molecule has 0 bridgehead atoms. The summed E-state index contributed by atoms with van der Waals surface area (Å²) in [6.07, 6.45) is 4.05. The van der Waals surface area contributed by atoms with Crippen LogP contribution in [0.3, 0.4) is 0 Å². The summed E-state index contributed by atoms with van der Waals surface area (Å²) in [4.78, 5) is 19.3. The molecule has 1 saturated heterocycles. The van der Waals surface area contributed by atoms with E-state index < -0.39 is 11.6 Å². The van der Waals surface area contributed by atoms with Crippen LogP contribution in [-0.2, 0) is 0 Å². The van der Waals surface area contributed by atoms with Crippen LogP contribution in [-0.4, -0.2) is 37.6 Å². The van der Waals surface area contributed by atoms with Gasteiger partial charge in [0.15, 0.2) is 11.6 Å². The fraction of sp³-hybridized carbons (Fsp3) is 0.304. The van der Waals surface area contributed by atoms with E-state index in [9.17, 15) is 8.78 Å². The van der Waals surface area contributed by atoms with Gasteiger partial charge in [0.1, 0.15) is 22.9 Å². The van der Waals surface area contributed by atoms with E-state index >= 15 is 0 Å². The summed E-state index contributed by atoms with van der Waals surface area (Å²) < 4.78 is 31.4. The van der Waals surface area contributed by atoms with Crippen molar-refractivity contribution in [1.29, 1.82) is 0 Å². The molecular weight excluding hydrogens is 412 g/mol. The Morgan fingerprint density at radius 1 is 1.00 bits per heavy atom. The zero-order valence-electron chi connectivity index (χ0n) is 18.1. The van der Waals surface area contributed by atoms with Gasteiger partial charge in [-0.3, -0.25) is 0 Å². The summed E-state index contributed by atoms with van der Waals surface area (Å²) in [6.45, 7) is 7.88. The highest BCUT2D eigenvalue weighted by Crippen LogP contribution is 2.30. The predicted octanol–water partition coefficient (Wildman–Crippen LogP) is 5.01. The fourth-order valence-electron chi connectivity index (χ4n) is 4.02. The van der Waals surface area contributed by atoms with Crippen molar-refractivity contribution < 1.29 is 8.78 Å². The first-order valence-electron chi connectivity index (χ1n) is 10.6. The SMILES string of the molecule is Cc1nc2c(F)cc(-c3nc(Nc4ccc(N5CCC5)cn4)ncc3F)cc2n1C(C)C. The summed E-state index contributed by atoms with van der Waals surface area (Å²) in [7, 11) is 0. The second-order valence-electron chi connectivity index (χ2n) is 8.21. The molecule has 0 amide bonds. The first-order chi connectivity index (χ1) is 15.4. The number of rotatable bonds is 5. The molecule has 0 aliphatic carbocycles. The minimum Gasteiger partial charge on any atom is -0.370 e. The summed E-state index contributed by atoms with van der Waals surface area (Å²) in [5.41, 5.74) is 2.25. The van der Waals surface area contributed by atoms with Crippen molar-refractivity contribution in [3.8, 4) is 11.3 Å². The maximum absolute atomic E-state index is 14.8. The molecule has 9 heteroatoms. The Labute approximate surface area is 184 Å². The first-order valence-corrected chi connectivity index (χ1v) is 10.6. The highest BCUT2D eigenvalue weighted by Gasteiger charge is 2.19. The molecule has 1 fully saturated rings. The van der Waals surface area contributed by atoms with Crippen molar-refractivity contribution >= 4 is 28.5 Å². The molecule has 1 aromatic carbocycles. The average Bonchev–Trinajstić information content (AvgIpc) is 3.06. The molecule has 0 spiro atoms. The van der Waals surface area contributed by atoms with E-state index in [1.165, 1.54) is 12.5 Å². The maximum atomic E-state index is 14.8. The smallest absolute Gasteiger partial charge is 0.229 e. The van der Waals surface area contributed by atoms with Gasteiger partial charge in [-0.25, -0.2) is 28.7 Å². The molecule has 3 aromatic heterocycles. The number of nitrogens with one attached hydrogen (secondary N) is 1. The number of pyridine rings is 1. The molecule has 32 heavy (non-hydrogen) atoms. The number of benzene rings is 1. The number of nitrogens with zero attached hydrogens (tertiary/aromatic N) is 6. The molecular formula is C23H23F2N7. The number of imidazole rings is 1. The monoisotopic (exact) mass is 435 g/mol. The van der Waals surface area contributed by atoms with E-state index in [2.05, 4.69) is 30.2 Å². The normalized spacial score (nSPS) is 13.6. The van der Waals surface area contributed by atoms with E-state index in [0.29, 0.717) is 22.7 Å². The Bertz CT molecular complexity index is 1290. The Morgan fingerprint density at radius 2 is 1.81 bits per heavy atom. The topological polar surface area (TPSA) is 71.8 Å². The Hall–Kier alpha value is -3.62. The van der Waals surface area contributed by atoms with Gasteiger partial charge in [-0.15, -0.1) is 0 Å². The number of hydrogen-bond donors (Lipinski definition) is 1. The van der Waals surface area contributed by atoms with E-state index in [4.69, 9.17) is 0 Å². The second-order valence-corrected chi connectivity index (χ2v) is 8.21. The molecule has 1 aliphatic rings. The molecule has 4 heterocycles. The van der Waals surface area contributed by atoms with Gasteiger partial charge >= 0.3 is 0 Å². The molecule has 0 atom stereocenters. The van der Waals surface area contributed by atoms with Gasteiger partial charge in [-0.1, -0.05) is 0 Å². The number of anilines is 3. The zero-order chi connectivity index (χ0) is 22.4. The van der Waals surface area contributed by atoms with E-state index in [0.717, 1.165) is 25.0 Å². The van der Waals surface area contributed by atoms with Crippen molar-refractivity contribution in [2.24, 2.45) is 0 Å². The predicted molar refractivity (Wildman–Crippen MR) is 120 cm³/mol. The summed E-state index contributed by atoms with van der Waals surface area (Å²) in [5.74, 6) is 0.268. The van der Waals surface area contributed by atoms with Crippen molar-refractivity contribution in [1.82, 2.24) is 24.5 Å². The van der Waals surface area contributed by atoms with Crippen LogP contribution in [0.4, 0.5) is 26.2 Å². The number of halogens is 2. The van der Waals surface area contributed by atoms with E-state index in [1.807, 2.05) is 37.5 Å². The van der Waals surface area contributed by atoms with Crippen molar-refractivity contribution in [2.45, 2.75) is 33.2 Å². The second kappa shape index (κ2) is 7.81. The Kier molecular flexibility index (Phi) is 4.96. The molecule has 0 radical (unpaired) electrons. The van der Waals surface area contributed by atoms with E-state index in [-0.39, 0.29) is 23.2 Å². The largest absolute Gasteiger partial charge is 0.370 e. The third kappa shape index (κ3) is 3.53. The van der Waals surface area contributed by atoms with E-state index in [1.54, 1.807) is 12.3 Å². The third-order valence-corrected chi connectivity index (χ3v) is 5.67. The van der Waals surface area contributed by atoms with Crippen LogP contribution in [0.25, 0.3) is 22.3 Å². The Morgan fingerprint density at radius 3 is 2.47 bits per heavy atom. The molecule has 7 nitrogen and oxygen atoms in total. The highest BCUT2D eigenvalue weighted by molar-refractivity contribution is 5.83. The fourth-order valence-corrected chi connectivity index (χ4v) is 4.02. The first kappa shape index (κ1) is 20.3.